The lowest BCUT2D eigenvalue weighted by Gasteiger charge is -2.42. The summed E-state index contributed by atoms with van der Waals surface area (Å²) in [6, 6.07) is 13.6. The Morgan fingerprint density at radius 1 is 1.00 bits per heavy atom. The molecular formula is C32H38ClN9S. The summed E-state index contributed by atoms with van der Waals surface area (Å²) < 4.78 is 4.61. The molecule has 2 aromatic carbocycles. The van der Waals surface area contributed by atoms with Crippen molar-refractivity contribution in [2.24, 2.45) is 0 Å². The molecule has 8 rings (SSSR count). The number of piperazine rings is 1. The zero-order valence-electron chi connectivity index (χ0n) is 24.8. The molecule has 4 aliphatic heterocycles. The summed E-state index contributed by atoms with van der Waals surface area (Å²) in [6.07, 6.45) is 6.28. The number of nitrogens with one attached hydrogen (secondary N) is 2. The van der Waals surface area contributed by atoms with Gasteiger partial charge in [-0.3, -0.25) is 9.21 Å². The number of aromatic amines is 1. The maximum atomic E-state index is 7.00. The fraction of sp³-hybridized carbons (Fsp3) is 0.438. The third-order valence-electron chi connectivity index (χ3n) is 9.58. The molecule has 43 heavy (non-hydrogen) atoms. The lowest BCUT2D eigenvalue weighted by molar-refractivity contribution is 0.0982. The van der Waals surface area contributed by atoms with Crippen LogP contribution < -0.4 is 18.8 Å². The number of rotatable bonds is 6. The second-order valence-electron chi connectivity index (χ2n) is 12.1. The minimum Gasteiger partial charge on any atom is -0.370 e. The van der Waals surface area contributed by atoms with Gasteiger partial charge in [-0.2, -0.15) is 9.97 Å². The summed E-state index contributed by atoms with van der Waals surface area (Å²) in [5.41, 5.74) is 8.01. The van der Waals surface area contributed by atoms with Gasteiger partial charge in [-0.1, -0.05) is 30.7 Å². The zero-order valence-corrected chi connectivity index (χ0v) is 26.4. The van der Waals surface area contributed by atoms with Crippen molar-refractivity contribution < 1.29 is 0 Å². The first-order valence-electron chi connectivity index (χ1n) is 15.6. The topological polar surface area (TPSA) is 69.8 Å². The van der Waals surface area contributed by atoms with Crippen LogP contribution in [0.1, 0.15) is 30.9 Å². The third kappa shape index (κ3) is 4.88. The Morgan fingerprint density at radius 3 is 2.65 bits per heavy atom. The van der Waals surface area contributed by atoms with E-state index in [0.29, 0.717) is 12.0 Å². The van der Waals surface area contributed by atoms with E-state index in [4.69, 9.17) is 21.6 Å². The normalized spacial score (nSPS) is 19.6. The van der Waals surface area contributed by atoms with Crippen molar-refractivity contribution >= 4 is 69.3 Å². The van der Waals surface area contributed by atoms with Gasteiger partial charge in [0.2, 0.25) is 5.95 Å². The van der Waals surface area contributed by atoms with Gasteiger partial charge in [0.05, 0.1) is 39.6 Å². The minimum atomic E-state index is 0.560. The lowest BCUT2D eigenvalue weighted by atomic mass is 10.0. The fourth-order valence-electron chi connectivity index (χ4n) is 7.11. The number of aromatic nitrogens is 3. The molecule has 2 aromatic heterocycles. The van der Waals surface area contributed by atoms with E-state index in [1.807, 2.05) is 6.20 Å². The van der Waals surface area contributed by atoms with Crippen molar-refractivity contribution in [1.82, 2.24) is 24.8 Å². The number of anilines is 6. The van der Waals surface area contributed by atoms with Crippen LogP contribution >= 0.6 is 23.7 Å². The molecule has 0 spiro atoms. The van der Waals surface area contributed by atoms with Crippen LogP contribution in [0.25, 0.3) is 11.0 Å². The number of piperidine rings is 1. The highest BCUT2D eigenvalue weighted by Crippen LogP contribution is 2.53. The number of fused-ring (bicyclic) bond motifs is 1. The Labute approximate surface area is 262 Å². The van der Waals surface area contributed by atoms with Gasteiger partial charge in [-0.05, 0) is 68.1 Å². The first-order valence-corrected chi connectivity index (χ1v) is 16.7. The number of benzene rings is 2. The molecule has 224 valence electrons. The van der Waals surface area contributed by atoms with Crippen LogP contribution in [0.4, 0.5) is 34.5 Å². The van der Waals surface area contributed by atoms with Gasteiger partial charge >= 0.3 is 0 Å². The molecular weight excluding hydrogens is 578 g/mol. The standard InChI is InChI=1S/C32H38ClN9S/c1-3-21-19-28(40-12-9-23(10-13-40)39-17-15-38(2)16-18-39)25(33)20-26(21)35-32-36-30-24(7-11-34-30)31(37-32)42-27-6-4-5-22-8-14-41(43-42)29(22)27/h4-7,11,19-20,23H,3,8-10,12-18H2,1-2H3,(H2,34,35,36,37). The quantitative estimate of drug-likeness (QED) is 0.246. The second kappa shape index (κ2) is 11.1. The summed E-state index contributed by atoms with van der Waals surface area (Å²) in [7, 11) is 2.22. The number of hydrogen-bond acceptors (Lipinski definition) is 9. The van der Waals surface area contributed by atoms with Gasteiger partial charge in [0.15, 0.2) is 5.82 Å². The van der Waals surface area contributed by atoms with E-state index in [2.05, 4.69) is 84.0 Å². The molecule has 0 bridgehead atoms. The van der Waals surface area contributed by atoms with Crippen molar-refractivity contribution in [3.63, 3.8) is 0 Å². The largest absolute Gasteiger partial charge is 0.370 e. The monoisotopic (exact) mass is 615 g/mol. The summed E-state index contributed by atoms with van der Waals surface area (Å²) in [5.74, 6) is 1.44. The first kappa shape index (κ1) is 27.4. The zero-order chi connectivity index (χ0) is 29.1. The lowest BCUT2D eigenvalue weighted by Crippen LogP contribution is -2.52. The molecule has 0 atom stereocenters. The van der Waals surface area contributed by atoms with E-state index in [1.165, 1.54) is 61.5 Å². The van der Waals surface area contributed by atoms with Gasteiger partial charge in [0.25, 0.3) is 0 Å². The Kier molecular flexibility index (Phi) is 7.05. The van der Waals surface area contributed by atoms with Gasteiger partial charge in [0, 0.05) is 63.7 Å². The summed E-state index contributed by atoms with van der Waals surface area (Å²) >= 11 is 8.72. The van der Waals surface area contributed by atoms with E-state index in [9.17, 15) is 0 Å². The van der Waals surface area contributed by atoms with Crippen LogP contribution in [0.3, 0.4) is 0 Å². The molecule has 2 saturated heterocycles. The average molecular weight is 616 g/mol. The second-order valence-corrected chi connectivity index (χ2v) is 13.5. The van der Waals surface area contributed by atoms with Gasteiger partial charge < -0.3 is 20.1 Å². The van der Waals surface area contributed by atoms with Crippen molar-refractivity contribution in [3.05, 3.63) is 58.7 Å². The molecule has 4 aliphatic rings. The molecule has 4 aromatic rings. The van der Waals surface area contributed by atoms with Crippen LogP contribution in [-0.2, 0) is 12.8 Å². The van der Waals surface area contributed by atoms with E-state index < -0.39 is 0 Å². The summed E-state index contributed by atoms with van der Waals surface area (Å²) in [6.45, 7) is 9.99. The maximum absolute atomic E-state index is 7.00. The van der Waals surface area contributed by atoms with Gasteiger partial charge in [-0.25, -0.2) is 4.31 Å². The van der Waals surface area contributed by atoms with Gasteiger partial charge in [-0.15, -0.1) is 0 Å². The van der Waals surface area contributed by atoms with Crippen LogP contribution in [0.15, 0.2) is 42.6 Å². The van der Waals surface area contributed by atoms with E-state index >= 15 is 0 Å². The Balaban J connectivity index is 1.05. The Morgan fingerprint density at radius 2 is 1.84 bits per heavy atom. The molecule has 2 N–H and O–H groups in total. The predicted octanol–water partition coefficient (Wildman–Crippen LogP) is 6.21. The fourth-order valence-corrected chi connectivity index (χ4v) is 8.51. The summed E-state index contributed by atoms with van der Waals surface area (Å²) in [5, 5.41) is 5.32. The molecule has 6 heterocycles. The molecule has 11 heteroatoms. The van der Waals surface area contributed by atoms with Crippen molar-refractivity contribution in [2.75, 3.05) is 71.7 Å². The Bertz CT molecular complexity index is 1660. The van der Waals surface area contributed by atoms with Crippen LogP contribution in [0.2, 0.25) is 5.02 Å². The smallest absolute Gasteiger partial charge is 0.231 e. The van der Waals surface area contributed by atoms with Crippen LogP contribution in [0.5, 0.6) is 0 Å². The highest BCUT2D eigenvalue weighted by molar-refractivity contribution is 8.02. The average Bonchev–Trinajstić information content (AvgIpc) is 3.77. The van der Waals surface area contributed by atoms with Crippen LogP contribution in [0, 0.1) is 0 Å². The van der Waals surface area contributed by atoms with Crippen molar-refractivity contribution in [3.8, 4) is 0 Å². The van der Waals surface area contributed by atoms with Gasteiger partial charge in [0.1, 0.15) is 5.65 Å². The first-order chi connectivity index (χ1) is 21.1. The van der Waals surface area contributed by atoms with Crippen molar-refractivity contribution in [1.29, 1.82) is 0 Å². The predicted molar refractivity (Wildman–Crippen MR) is 180 cm³/mol. The number of hydrogen-bond donors (Lipinski definition) is 2. The summed E-state index contributed by atoms with van der Waals surface area (Å²) in [4.78, 5) is 20.9. The minimum absolute atomic E-state index is 0.560. The van der Waals surface area contributed by atoms with E-state index in [-0.39, 0.29) is 0 Å². The number of nitrogens with zero attached hydrogens (tertiary/aromatic N) is 7. The van der Waals surface area contributed by atoms with Crippen molar-refractivity contribution in [2.45, 2.75) is 38.6 Å². The highest BCUT2D eigenvalue weighted by Gasteiger charge is 2.36. The number of para-hydroxylation sites is 1. The molecule has 0 amide bonds. The number of H-pyrrole nitrogens is 1. The molecule has 0 unspecified atom stereocenters. The molecule has 9 nitrogen and oxygen atoms in total. The molecule has 0 aliphatic carbocycles. The molecule has 0 radical (unpaired) electrons. The number of likely N-dealkylation sites (N-methyl/N-ethyl adjacent to an activating group) is 1. The van der Waals surface area contributed by atoms with E-state index in [1.54, 1.807) is 12.1 Å². The number of aryl methyl sites for hydroxylation is 1. The molecule has 0 saturated carbocycles. The third-order valence-corrected chi connectivity index (χ3v) is 11.0. The highest BCUT2D eigenvalue weighted by atomic mass is 35.5. The molecule has 2 fully saturated rings. The Hall–Kier alpha value is -3.18. The van der Waals surface area contributed by atoms with Crippen LogP contribution in [-0.4, -0.2) is 83.7 Å². The maximum Gasteiger partial charge on any atom is 0.231 e. The number of halogens is 1. The van der Waals surface area contributed by atoms with E-state index in [0.717, 1.165) is 65.7 Å². The SMILES string of the molecule is CCc1cc(N2CCC(N3CCN(C)CC3)CC2)c(Cl)cc1Nc1nc(N2SN3CCc4cccc2c43)c2cc[nH]c2n1.